The molecule has 0 N–H and O–H groups in total. The lowest BCUT2D eigenvalue weighted by molar-refractivity contribution is -0.130. The Kier molecular flexibility index (Phi) is 5.19. The van der Waals surface area contributed by atoms with Crippen LogP contribution in [-0.4, -0.2) is 63.4 Å². The summed E-state index contributed by atoms with van der Waals surface area (Å²) in [6, 6.07) is 4.86. The van der Waals surface area contributed by atoms with Crippen LogP contribution in [0.4, 0.5) is 0 Å². The number of hydrogen-bond acceptors (Lipinski definition) is 5. The molecule has 0 atom stereocenters. The predicted molar refractivity (Wildman–Crippen MR) is 92.3 cm³/mol. The first kappa shape index (κ1) is 18.0. The van der Waals surface area contributed by atoms with Crippen molar-refractivity contribution in [2.45, 2.75) is 36.6 Å². The van der Waals surface area contributed by atoms with E-state index in [0.29, 0.717) is 38.1 Å². The number of carbonyl (C=O) groups is 1. The Morgan fingerprint density at radius 2 is 1.80 bits per heavy atom. The fraction of sp³-hybridized carbons (Fsp3) is 0.588. The standard InChI is InChI=1S/C17H24N2O5S/c1-23-14-5-6-16(15(12-14)24-2)25(21,22)18-10-7-13(8-11-18)19-9-3-4-17(19)20/h5-6,12-13H,3-4,7-11H2,1-2H3. The van der Waals surface area contributed by atoms with Gasteiger partial charge < -0.3 is 14.4 Å². The molecule has 2 heterocycles. The number of rotatable bonds is 5. The van der Waals surface area contributed by atoms with E-state index in [4.69, 9.17) is 9.47 Å². The molecule has 0 saturated carbocycles. The number of amides is 1. The largest absolute Gasteiger partial charge is 0.497 e. The summed E-state index contributed by atoms with van der Waals surface area (Å²) < 4.78 is 37.8. The van der Waals surface area contributed by atoms with E-state index < -0.39 is 10.0 Å². The van der Waals surface area contributed by atoms with Crippen molar-refractivity contribution in [2.24, 2.45) is 0 Å². The Morgan fingerprint density at radius 3 is 2.36 bits per heavy atom. The van der Waals surface area contributed by atoms with Crippen molar-refractivity contribution in [3.8, 4) is 11.5 Å². The van der Waals surface area contributed by atoms with Crippen LogP contribution in [0.2, 0.25) is 0 Å². The molecule has 0 unspecified atom stereocenters. The minimum Gasteiger partial charge on any atom is -0.497 e. The molecule has 0 spiro atoms. The Morgan fingerprint density at radius 1 is 1.08 bits per heavy atom. The molecule has 0 aromatic heterocycles. The van der Waals surface area contributed by atoms with Gasteiger partial charge in [-0.3, -0.25) is 4.79 Å². The Labute approximate surface area is 148 Å². The zero-order valence-electron chi connectivity index (χ0n) is 14.6. The van der Waals surface area contributed by atoms with Gasteiger partial charge in [0, 0.05) is 38.2 Å². The smallest absolute Gasteiger partial charge is 0.246 e. The third-order valence-electron chi connectivity index (χ3n) is 4.96. The first-order valence-corrected chi connectivity index (χ1v) is 9.93. The minimum atomic E-state index is -3.64. The predicted octanol–water partition coefficient (Wildman–Crippen LogP) is 1.48. The quantitative estimate of drug-likeness (QED) is 0.787. The van der Waals surface area contributed by atoms with Crippen LogP contribution >= 0.6 is 0 Å². The molecule has 1 amide bonds. The lowest BCUT2D eigenvalue weighted by Gasteiger charge is -2.36. The molecule has 0 radical (unpaired) electrons. The molecule has 2 saturated heterocycles. The Bertz CT molecular complexity index is 741. The molecular formula is C17H24N2O5S. The van der Waals surface area contributed by atoms with Gasteiger partial charge in [0.2, 0.25) is 15.9 Å². The summed E-state index contributed by atoms with van der Waals surface area (Å²) >= 11 is 0. The van der Waals surface area contributed by atoms with Crippen LogP contribution in [0, 0.1) is 0 Å². The van der Waals surface area contributed by atoms with E-state index in [0.717, 1.165) is 13.0 Å². The van der Waals surface area contributed by atoms with Gasteiger partial charge in [0.1, 0.15) is 16.4 Å². The molecule has 1 aromatic carbocycles. The third kappa shape index (κ3) is 3.46. The van der Waals surface area contributed by atoms with Gasteiger partial charge in [-0.2, -0.15) is 4.31 Å². The minimum absolute atomic E-state index is 0.145. The van der Waals surface area contributed by atoms with Crippen molar-refractivity contribution in [1.82, 2.24) is 9.21 Å². The zero-order valence-corrected chi connectivity index (χ0v) is 15.4. The fourth-order valence-electron chi connectivity index (χ4n) is 3.58. The maximum absolute atomic E-state index is 13.0. The summed E-state index contributed by atoms with van der Waals surface area (Å²) in [7, 11) is -0.676. The molecule has 8 heteroatoms. The fourth-order valence-corrected chi connectivity index (χ4v) is 5.18. The highest BCUT2D eigenvalue weighted by molar-refractivity contribution is 7.89. The van der Waals surface area contributed by atoms with Crippen LogP contribution < -0.4 is 9.47 Å². The highest BCUT2D eigenvalue weighted by atomic mass is 32.2. The molecule has 2 fully saturated rings. The molecule has 7 nitrogen and oxygen atoms in total. The number of sulfonamides is 1. The number of piperidine rings is 1. The monoisotopic (exact) mass is 368 g/mol. The van der Waals surface area contributed by atoms with Gasteiger partial charge in [-0.1, -0.05) is 0 Å². The van der Waals surface area contributed by atoms with Crippen molar-refractivity contribution in [2.75, 3.05) is 33.9 Å². The summed E-state index contributed by atoms with van der Waals surface area (Å²) in [5.41, 5.74) is 0. The number of likely N-dealkylation sites (tertiary alicyclic amines) is 1. The molecule has 3 rings (SSSR count). The maximum atomic E-state index is 13.0. The first-order chi connectivity index (χ1) is 12.0. The normalized spacial score (nSPS) is 20.1. The van der Waals surface area contributed by atoms with Crippen molar-refractivity contribution in [1.29, 1.82) is 0 Å². The van der Waals surface area contributed by atoms with Gasteiger partial charge in [-0.15, -0.1) is 0 Å². The number of benzene rings is 1. The van der Waals surface area contributed by atoms with Crippen LogP contribution in [0.5, 0.6) is 11.5 Å². The maximum Gasteiger partial charge on any atom is 0.246 e. The van der Waals surface area contributed by atoms with Gasteiger partial charge in [0.25, 0.3) is 0 Å². The number of methoxy groups -OCH3 is 2. The molecule has 2 aliphatic heterocycles. The van der Waals surface area contributed by atoms with Crippen molar-refractivity contribution in [3.05, 3.63) is 18.2 Å². The van der Waals surface area contributed by atoms with Crippen LogP contribution in [-0.2, 0) is 14.8 Å². The van der Waals surface area contributed by atoms with Gasteiger partial charge >= 0.3 is 0 Å². The van der Waals surface area contributed by atoms with E-state index in [2.05, 4.69) is 0 Å². The molecule has 1 aromatic rings. The SMILES string of the molecule is COc1ccc(S(=O)(=O)N2CCC(N3CCCC3=O)CC2)c(OC)c1. The van der Waals surface area contributed by atoms with E-state index >= 15 is 0 Å². The number of ether oxygens (including phenoxy) is 2. The lowest BCUT2D eigenvalue weighted by Crippen LogP contribution is -2.47. The number of hydrogen-bond donors (Lipinski definition) is 0. The second kappa shape index (κ2) is 7.21. The summed E-state index contributed by atoms with van der Waals surface area (Å²) in [6.45, 7) is 1.61. The first-order valence-electron chi connectivity index (χ1n) is 8.49. The molecule has 0 aliphatic carbocycles. The Hall–Kier alpha value is -1.80. The molecular weight excluding hydrogens is 344 g/mol. The van der Waals surface area contributed by atoms with Crippen molar-refractivity contribution >= 4 is 15.9 Å². The van der Waals surface area contributed by atoms with Crippen LogP contribution in [0.25, 0.3) is 0 Å². The van der Waals surface area contributed by atoms with E-state index in [9.17, 15) is 13.2 Å². The third-order valence-corrected chi connectivity index (χ3v) is 6.90. The average Bonchev–Trinajstić information content (AvgIpc) is 3.07. The second-order valence-electron chi connectivity index (χ2n) is 6.34. The highest BCUT2D eigenvalue weighted by Crippen LogP contribution is 2.32. The summed E-state index contributed by atoms with van der Waals surface area (Å²) in [6.07, 6.45) is 2.86. The summed E-state index contributed by atoms with van der Waals surface area (Å²) in [5.74, 6) is 1.01. The van der Waals surface area contributed by atoms with Crippen molar-refractivity contribution in [3.63, 3.8) is 0 Å². The van der Waals surface area contributed by atoms with Crippen molar-refractivity contribution < 1.29 is 22.7 Å². The summed E-state index contributed by atoms with van der Waals surface area (Å²) in [5, 5.41) is 0. The summed E-state index contributed by atoms with van der Waals surface area (Å²) in [4.78, 5) is 13.9. The van der Waals surface area contributed by atoms with E-state index in [1.54, 1.807) is 12.1 Å². The average molecular weight is 368 g/mol. The topological polar surface area (TPSA) is 76.2 Å². The van der Waals surface area contributed by atoms with E-state index in [1.165, 1.54) is 24.6 Å². The second-order valence-corrected chi connectivity index (χ2v) is 8.25. The molecule has 0 bridgehead atoms. The van der Waals surface area contributed by atoms with Crippen LogP contribution in [0.1, 0.15) is 25.7 Å². The van der Waals surface area contributed by atoms with Crippen LogP contribution in [0.3, 0.4) is 0 Å². The molecule has 25 heavy (non-hydrogen) atoms. The zero-order chi connectivity index (χ0) is 18.0. The Balaban J connectivity index is 1.75. The van der Waals surface area contributed by atoms with Gasteiger partial charge in [-0.25, -0.2) is 8.42 Å². The van der Waals surface area contributed by atoms with E-state index in [1.807, 2.05) is 4.90 Å². The van der Waals surface area contributed by atoms with E-state index in [-0.39, 0.29) is 22.6 Å². The number of nitrogens with zero attached hydrogens (tertiary/aromatic N) is 2. The van der Waals surface area contributed by atoms with Crippen LogP contribution in [0.15, 0.2) is 23.1 Å². The van der Waals surface area contributed by atoms with Gasteiger partial charge in [0.05, 0.1) is 14.2 Å². The highest BCUT2D eigenvalue weighted by Gasteiger charge is 2.35. The van der Waals surface area contributed by atoms with Gasteiger partial charge in [0.15, 0.2) is 0 Å². The number of carbonyl (C=O) groups excluding carboxylic acids is 1. The molecule has 138 valence electrons. The lowest BCUT2D eigenvalue weighted by atomic mass is 10.1. The molecule has 2 aliphatic rings. The van der Waals surface area contributed by atoms with Gasteiger partial charge in [-0.05, 0) is 31.4 Å².